The predicted octanol–water partition coefficient (Wildman–Crippen LogP) is 2.66. The van der Waals surface area contributed by atoms with Crippen molar-refractivity contribution >= 4 is 5.69 Å². The van der Waals surface area contributed by atoms with Gasteiger partial charge in [0.05, 0.1) is 0 Å². The van der Waals surface area contributed by atoms with E-state index in [2.05, 4.69) is 31.3 Å². The van der Waals surface area contributed by atoms with Crippen molar-refractivity contribution in [1.82, 2.24) is 0 Å². The monoisotopic (exact) mass is 161 g/mol. The van der Waals surface area contributed by atoms with Crippen molar-refractivity contribution in [1.29, 1.82) is 0 Å². The van der Waals surface area contributed by atoms with E-state index in [0.717, 1.165) is 6.54 Å². The number of fused-ring (bicyclic) bond motifs is 1. The van der Waals surface area contributed by atoms with E-state index in [-0.39, 0.29) is 0 Å². The topological polar surface area (TPSA) is 12.0 Å². The first-order valence-electron chi connectivity index (χ1n) is 4.62. The molecule has 1 aliphatic rings. The molecule has 1 nitrogen and oxygen atoms in total. The van der Waals surface area contributed by atoms with E-state index in [9.17, 15) is 0 Å². The SMILES string of the molecule is Cc1ccc2c(c1C)NCCC2. The van der Waals surface area contributed by atoms with Crippen LogP contribution in [-0.2, 0) is 6.42 Å². The molecule has 0 bridgehead atoms. The maximum Gasteiger partial charge on any atom is 0.0405 e. The van der Waals surface area contributed by atoms with Crippen LogP contribution in [-0.4, -0.2) is 6.54 Å². The molecule has 12 heavy (non-hydrogen) atoms. The van der Waals surface area contributed by atoms with Crippen molar-refractivity contribution in [2.24, 2.45) is 0 Å². The van der Waals surface area contributed by atoms with Gasteiger partial charge >= 0.3 is 0 Å². The molecule has 1 heteroatoms. The molecular weight excluding hydrogens is 146 g/mol. The third-order valence-electron chi connectivity index (χ3n) is 2.75. The minimum Gasteiger partial charge on any atom is -0.385 e. The van der Waals surface area contributed by atoms with Gasteiger partial charge in [-0.15, -0.1) is 0 Å². The molecule has 1 N–H and O–H groups in total. The summed E-state index contributed by atoms with van der Waals surface area (Å²) in [7, 11) is 0. The summed E-state index contributed by atoms with van der Waals surface area (Å²) in [6.07, 6.45) is 2.51. The Bertz CT molecular complexity index is 302. The zero-order valence-corrected chi connectivity index (χ0v) is 7.78. The van der Waals surface area contributed by atoms with E-state index >= 15 is 0 Å². The van der Waals surface area contributed by atoms with Crippen LogP contribution in [0.4, 0.5) is 5.69 Å². The van der Waals surface area contributed by atoms with Crippen LogP contribution in [0, 0.1) is 13.8 Å². The molecule has 0 saturated carbocycles. The van der Waals surface area contributed by atoms with Gasteiger partial charge in [-0.2, -0.15) is 0 Å². The molecule has 0 spiro atoms. The first kappa shape index (κ1) is 7.66. The molecule has 0 saturated heterocycles. The average molecular weight is 161 g/mol. The highest BCUT2D eigenvalue weighted by molar-refractivity contribution is 5.61. The van der Waals surface area contributed by atoms with Gasteiger partial charge in [0.2, 0.25) is 0 Å². The Balaban J connectivity index is 2.54. The second kappa shape index (κ2) is 2.81. The molecule has 0 fully saturated rings. The molecular formula is C11H15N. The number of hydrogen-bond donors (Lipinski definition) is 1. The summed E-state index contributed by atoms with van der Waals surface area (Å²) in [6, 6.07) is 4.48. The molecule has 0 atom stereocenters. The van der Waals surface area contributed by atoms with Gasteiger partial charge in [0, 0.05) is 12.2 Å². The fourth-order valence-electron chi connectivity index (χ4n) is 1.82. The van der Waals surface area contributed by atoms with Crippen molar-refractivity contribution < 1.29 is 0 Å². The number of benzene rings is 1. The molecule has 0 amide bonds. The third-order valence-corrected chi connectivity index (χ3v) is 2.75. The lowest BCUT2D eigenvalue weighted by Crippen LogP contribution is -2.13. The maximum atomic E-state index is 3.47. The summed E-state index contributed by atoms with van der Waals surface area (Å²) < 4.78 is 0. The van der Waals surface area contributed by atoms with Crippen LogP contribution >= 0.6 is 0 Å². The highest BCUT2D eigenvalue weighted by Gasteiger charge is 2.10. The van der Waals surface area contributed by atoms with Crippen molar-refractivity contribution in [3.63, 3.8) is 0 Å². The first-order valence-corrected chi connectivity index (χ1v) is 4.62. The van der Waals surface area contributed by atoms with Gasteiger partial charge in [-0.25, -0.2) is 0 Å². The van der Waals surface area contributed by atoms with Crippen LogP contribution in [0.25, 0.3) is 0 Å². The van der Waals surface area contributed by atoms with Gasteiger partial charge in [-0.3, -0.25) is 0 Å². The lowest BCUT2D eigenvalue weighted by atomic mass is 9.97. The fraction of sp³-hybridized carbons (Fsp3) is 0.455. The van der Waals surface area contributed by atoms with Crippen molar-refractivity contribution in [3.8, 4) is 0 Å². The predicted molar refractivity (Wildman–Crippen MR) is 52.7 cm³/mol. The van der Waals surface area contributed by atoms with Gasteiger partial charge < -0.3 is 5.32 Å². The van der Waals surface area contributed by atoms with Crippen LogP contribution in [0.2, 0.25) is 0 Å². The first-order chi connectivity index (χ1) is 5.79. The van der Waals surface area contributed by atoms with Gasteiger partial charge in [0.25, 0.3) is 0 Å². The molecule has 0 aliphatic carbocycles. The standard InChI is InChI=1S/C11H15N/c1-8-5-6-10-4-3-7-12-11(10)9(8)2/h5-6,12H,3-4,7H2,1-2H3. The zero-order chi connectivity index (χ0) is 8.55. The maximum absolute atomic E-state index is 3.47. The average Bonchev–Trinajstić information content (AvgIpc) is 2.12. The minimum atomic E-state index is 1.14. The second-order valence-electron chi connectivity index (χ2n) is 3.57. The molecule has 1 heterocycles. The van der Waals surface area contributed by atoms with E-state index < -0.39 is 0 Å². The number of aryl methyl sites for hydroxylation is 2. The number of anilines is 1. The molecule has 0 unspecified atom stereocenters. The lowest BCUT2D eigenvalue weighted by Gasteiger charge is -2.21. The molecule has 1 aromatic rings. The summed E-state index contributed by atoms with van der Waals surface area (Å²) in [5.41, 5.74) is 5.70. The Hall–Kier alpha value is -0.980. The van der Waals surface area contributed by atoms with Crippen LogP contribution in [0.3, 0.4) is 0 Å². The Kier molecular flexibility index (Phi) is 1.80. The van der Waals surface area contributed by atoms with Crippen molar-refractivity contribution in [2.45, 2.75) is 26.7 Å². The van der Waals surface area contributed by atoms with Gasteiger partial charge in [-0.05, 0) is 43.4 Å². The number of nitrogens with one attached hydrogen (secondary N) is 1. The van der Waals surface area contributed by atoms with Crippen LogP contribution in [0.5, 0.6) is 0 Å². The fourth-order valence-corrected chi connectivity index (χ4v) is 1.82. The Morgan fingerprint density at radius 2 is 2.08 bits per heavy atom. The molecule has 1 aliphatic heterocycles. The van der Waals surface area contributed by atoms with Gasteiger partial charge in [-0.1, -0.05) is 12.1 Å². The number of hydrogen-bond acceptors (Lipinski definition) is 1. The van der Waals surface area contributed by atoms with Gasteiger partial charge in [0.15, 0.2) is 0 Å². The zero-order valence-electron chi connectivity index (χ0n) is 7.78. The van der Waals surface area contributed by atoms with E-state index in [0.29, 0.717) is 0 Å². The number of rotatable bonds is 0. The highest BCUT2D eigenvalue weighted by Crippen LogP contribution is 2.27. The molecule has 2 rings (SSSR count). The lowest BCUT2D eigenvalue weighted by molar-refractivity contribution is 0.826. The van der Waals surface area contributed by atoms with Crippen LogP contribution in [0.15, 0.2) is 12.1 Å². The van der Waals surface area contributed by atoms with E-state index in [1.165, 1.54) is 35.2 Å². The summed E-state index contributed by atoms with van der Waals surface area (Å²) in [5.74, 6) is 0. The summed E-state index contributed by atoms with van der Waals surface area (Å²) >= 11 is 0. The minimum absolute atomic E-state index is 1.14. The largest absolute Gasteiger partial charge is 0.385 e. The van der Waals surface area contributed by atoms with Crippen molar-refractivity contribution in [3.05, 3.63) is 28.8 Å². The molecule has 64 valence electrons. The summed E-state index contributed by atoms with van der Waals surface area (Å²) in [6.45, 7) is 5.51. The summed E-state index contributed by atoms with van der Waals surface area (Å²) in [4.78, 5) is 0. The molecule has 0 aromatic heterocycles. The smallest absolute Gasteiger partial charge is 0.0405 e. The Morgan fingerprint density at radius 3 is 2.92 bits per heavy atom. The van der Waals surface area contributed by atoms with Crippen molar-refractivity contribution in [2.75, 3.05) is 11.9 Å². The highest BCUT2D eigenvalue weighted by atomic mass is 14.9. The Morgan fingerprint density at radius 1 is 1.25 bits per heavy atom. The van der Waals surface area contributed by atoms with E-state index in [1.54, 1.807) is 0 Å². The third kappa shape index (κ3) is 1.09. The van der Waals surface area contributed by atoms with Gasteiger partial charge in [0.1, 0.15) is 0 Å². The second-order valence-corrected chi connectivity index (χ2v) is 3.57. The van der Waals surface area contributed by atoms with Crippen LogP contribution < -0.4 is 5.32 Å². The summed E-state index contributed by atoms with van der Waals surface area (Å²) in [5, 5.41) is 3.47. The quantitative estimate of drug-likeness (QED) is 0.617. The van der Waals surface area contributed by atoms with E-state index in [4.69, 9.17) is 0 Å². The normalized spacial score (nSPS) is 15.2. The molecule has 0 radical (unpaired) electrons. The van der Waals surface area contributed by atoms with E-state index in [1.807, 2.05) is 0 Å². The molecule has 1 aromatic carbocycles. The Labute approximate surface area is 73.8 Å². The van der Waals surface area contributed by atoms with Crippen LogP contribution in [0.1, 0.15) is 23.1 Å².